The predicted octanol–water partition coefficient (Wildman–Crippen LogP) is 3.89. The Morgan fingerprint density at radius 3 is 2.14 bits per heavy atom. The zero-order valence-corrected chi connectivity index (χ0v) is 10.7. The Morgan fingerprint density at radius 1 is 1.14 bits per heavy atom. The van der Waals surface area contributed by atoms with Crippen molar-refractivity contribution in [1.29, 1.82) is 0 Å². The maximum absolute atomic E-state index is 13.0. The molecule has 0 aliphatic carbocycles. The summed E-state index contributed by atoms with van der Waals surface area (Å²) >= 11 is 0. The largest absolute Gasteiger partial charge is 0.479 e. The normalized spacial score (nSPS) is 15.7. The molecule has 1 rings (SSSR count). The number of nitrogens with two attached hydrogens (primary N) is 1. The van der Waals surface area contributed by atoms with E-state index in [1.165, 1.54) is 6.92 Å². The molecule has 0 bridgehead atoms. The van der Waals surface area contributed by atoms with E-state index in [2.05, 4.69) is 4.74 Å². The van der Waals surface area contributed by atoms with Crippen LogP contribution in [-0.4, -0.2) is 18.3 Å². The van der Waals surface area contributed by atoms with Gasteiger partial charge in [-0.1, -0.05) is 6.92 Å². The zero-order chi connectivity index (χ0) is 16.4. The average molecular weight is 319 g/mol. The molecule has 0 aliphatic heterocycles. The molecular formula is C12H12F7NO. The van der Waals surface area contributed by atoms with Crippen molar-refractivity contribution >= 4 is 0 Å². The Bertz CT molecular complexity index is 483. The van der Waals surface area contributed by atoms with Crippen molar-refractivity contribution in [3.8, 4) is 5.75 Å². The van der Waals surface area contributed by atoms with Crippen LogP contribution in [0, 0.1) is 5.82 Å². The summed E-state index contributed by atoms with van der Waals surface area (Å²) in [5, 5.41) is 0. The second-order valence-electron chi connectivity index (χ2n) is 4.29. The van der Waals surface area contributed by atoms with Crippen LogP contribution < -0.4 is 10.5 Å². The fraction of sp³-hybridized carbons (Fsp3) is 0.500. The Kier molecular flexibility index (Phi) is 5.08. The number of hydrogen-bond acceptors (Lipinski definition) is 2. The van der Waals surface area contributed by atoms with E-state index in [9.17, 15) is 30.7 Å². The van der Waals surface area contributed by atoms with Gasteiger partial charge >= 0.3 is 12.4 Å². The Labute approximate surface area is 115 Å². The van der Waals surface area contributed by atoms with Crippen molar-refractivity contribution in [1.82, 2.24) is 0 Å². The van der Waals surface area contributed by atoms with Gasteiger partial charge in [-0.3, -0.25) is 0 Å². The molecule has 2 nitrogen and oxygen atoms in total. The van der Waals surface area contributed by atoms with Gasteiger partial charge in [-0.2, -0.15) is 26.3 Å². The molecule has 0 saturated heterocycles. The molecule has 0 fully saturated rings. The highest BCUT2D eigenvalue weighted by Crippen LogP contribution is 2.35. The monoisotopic (exact) mass is 319 g/mol. The Balaban J connectivity index is 3.11. The number of rotatable bonds is 4. The highest BCUT2D eigenvalue weighted by atomic mass is 19.4. The summed E-state index contributed by atoms with van der Waals surface area (Å²) in [7, 11) is 0. The number of halogens is 7. The van der Waals surface area contributed by atoms with Crippen LogP contribution >= 0.6 is 0 Å². The van der Waals surface area contributed by atoms with E-state index in [4.69, 9.17) is 5.73 Å². The highest BCUT2D eigenvalue weighted by Gasteiger charge is 2.45. The first kappa shape index (κ1) is 17.5. The molecule has 2 unspecified atom stereocenters. The molecule has 1 aromatic rings. The smallest absolute Gasteiger partial charge is 0.426 e. The van der Waals surface area contributed by atoms with Gasteiger partial charge in [0.05, 0.1) is 11.6 Å². The topological polar surface area (TPSA) is 35.2 Å². The third kappa shape index (κ3) is 4.48. The SMILES string of the molecule is CCC(N)C(Oc1ccc(F)c(C(F)(F)F)c1)C(F)(F)F. The van der Waals surface area contributed by atoms with Crippen LogP contribution in [0.1, 0.15) is 18.9 Å². The molecule has 0 aliphatic rings. The molecular weight excluding hydrogens is 307 g/mol. The summed E-state index contributed by atoms with van der Waals surface area (Å²) < 4.78 is 93.3. The molecule has 21 heavy (non-hydrogen) atoms. The molecule has 1 aromatic carbocycles. The van der Waals surface area contributed by atoms with Crippen LogP contribution in [0.25, 0.3) is 0 Å². The van der Waals surface area contributed by atoms with Gasteiger partial charge in [-0.25, -0.2) is 4.39 Å². The summed E-state index contributed by atoms with van der Waals surface area (Å²) in [6, 6.07) is -0.199. The van der Waals surface area contributed by atoms with Crippen molar-refractivity contribution in [2.24, 2.45) is 5.73 Å². The predicted molar refractivity (Wildman–Crippen MR) is 60.1 cm³/mol. The number of alkyl halides is 6. The zero-order valence-electron chi connectivity index (χ0n) is 10.7. The van der Waals surface area contributed by atoms with E-state index in [0.29, 0.717) is 12.1 Å². The molecule has 0 saturated carbocycles. The molecule has 0 aromatic heterocycles. The summed E-state index contributed by atoms with van der Waals surface area (Å²) in [4.78, 5) is 0. The lowest BCUT2D eigenvalue weighted by Crippen LogP contribution is -2.48. The highest BCUT2D eigenvalue weighted by molar-refractivity contribution is 5.32. The van der Waals surface area contributed by atoms with Crippen molar-refractivity contribution in [3.63, 3.8) is 0 Å². The summed E-state index contributed by atoms with van der Waals surface area (Å²) in [5.41, 5.74) is 3.56. The van der Waals surface area contributed by atoms with E-state index >= 15 is 0 Å². The minimum absolute atomic E-state index is 0.0997. The van der Waals surface area contributed by atoms with Crippen LogP contribution in [-0.2, 0) is 6.18 Å². The molecule has 0 radical (unpaired) electrons. The second kappa shape index (κ2) is 6.08. The lowest BCUT2D eigenvalue weighted by Gasteiger charge is -2.26. The minimum atomic E-state index is -5.04. The van der Waals surface area contributed by atoms with Crippen LogP contribution in [0.3, 0.4) is 0 Å². The Hall–Kier alpha value is -1.51. The van der Waals surface area contributed by atoms with Gasteiger partial charge in [-0.05, 0) is 24.6 Å². The van der Waals surface area contributed by atoms with E-state index in [0.717, 1.165) is 0 Å². The fourth-order valence-electron chi connectivity index (χ4n) is 1.55. The quantitative estimate of drug-likeness (QED) is 0.855. The molecule has 2 atom stereocenters. The first-order valence-corrected chi connectivity index (χ1v) is 5.82. The molecule has 0 amide bonds. The lowest BCUT2D eigenvalue weighted by molar-refractivity contribution is -0.200. The van der Waals surface area contributed by atoms with E-state index in [-0.39, 0.29) is 12.5 Å². The van der Waals surface area contributed by atoms with E-state index in [1.54, 1.807) is 0 Å². The van der Waals surface area contributed by atoms with Gasteiger partial charge in [0.1, 0.15) is 11.6 Å². The van der Waals surface area contributed by atoms with E-state index in [1.807, 2.05) is 0 Å². The minimum Gasteiger partial charge on any atom is -0.479 e. The van der Waals surface area contributed by atoms with Crippen molar-refractivity contribution in [3.05, 3.63) is 29.6 Å². The van der Waals surface area contributed by atoms with Gasteiger partial charge in [0.2, 0.25) is 6.10 Å². The maximum Gasteiger partial charge on any atom is 0.426 e. The fourth-order valence-corrected chi connectivity index (χ4v) is 1.55. The third-order valence-electron chi connectivity index (χ3n) is 2.69. The van der Waals surface area contributed by atoms with E-state index < -0.39 is 41.6 Å². The van der Waals surface area contributed by atoms with Crippen LogP contribution in [0.5, 0.6) is 5.75 Å². The maximum atomic E-state index is 13.0. The van der Waals surface area contributed by atoms with Gasteiger partial charge in [0.25, 0.3) is 0 Å². The molecule has 0 spiro atoms. The molecule has 2 N–H and O–H groups in total. The Morgan fingerprint density at radius 2 is 1.71 bits per heavy atom. The molecule has 0 heterocycles. The van der Waals surface area contributed by atoms with Crippen molar-refractivity contribution < 1.29 is 35.5 Å². The van der Waals surface area contributed by atoms with Crippen LogP contribution in [0.2, 0.25) is 0 Å². The second-order valence-corrected chi connectivity index (χ2v) is 4.29. The van der Waals surface area contributed by atoms with Gasteiger partial charge in [0, 0.05) is 0 Å². The standard InChI is InChI=1S/C12H12F7NO/c1-2-9(20)10(12(17,18)19)21-6-3-4-8(13)7(5-6)11(14,15)16/h3-5,9-10H,2,20H2,1H3. The molecule has 9 heteroatoms. The first-order valence-electron chi connectivity index (χ1n) is 5.82. The van der Waals surface area contributed by atoms with Crippen LogP contribution in [0.15, 0.2) is 18.2 Å². The first-order chi connectivity index (χ1) is 9.46. The number of benzene rings is 1. The van der Waals surface area contributed by atoms with Crippen LogP contribution in [0.4, 0.5) is 30.7 Å². The molecule has 120 valence electrons. The van der Waals surface area contributed by atoms with Gasteiger partial charge in [0.15, 0.2) is 0 Å². The van der Waals surface area contributed by atoms with Crippen molar-refractivity contribution in [2.45, 2.75) is 37.8 Å². The number of ether oxygens (including phenoxy) is 1. The third-order valence-corrected chi connectivity index (χ3v) is 2.69. The summed E-state index contributed by atoms with van der Waals surface area (Å²) in [5.74, 6) is -2.35. The summed E-state index contributed by atoms with van der Waals surface area (Å²) in [6.45, 7) is 1.37. The lowest BCUT2D eigenvalue weighted by atomic mass is 10.1. The number of hydrogen-bond donors (Lipinski definition) is 1. The van der Waals surface area contributed by atoms with Gasteiger partial charge in [-0.15, -0.1) is 0 Å². The van der Waals surface area contributed by atoms with Gasteiger partial charge < -0.3 is 10.5 Å². The average Bonchev–Trinajstić information content (AvgIpc) is 2.34. The van der Waals surface area contributed by atoms with Crippen molar-refractivity contribution in [2.75, 3.05) is 0 Å². The summed E-state index contributed by atoms with van der Waals surface area (Å²) in [6.07, 6.45) is -12.5.